The van der Waals surface area contributed by atoms with Gasteiger partial charge in [-0.1, -0.05) is 25.3 Å². The summed E-state index contributed by atoms with van der Waals surface area (Å²) < 4.78 is 5.18. The highest BCUT2D eigenvalue weighted by molar-refractivity contribution is 5.94. The third kappa shape index (κ3) is 4.63. The number of carbonyl (C=O) groups excluding carboxylic acids is 2. The lowest BCUT2D eigenvalue weighted by Gasteiger charge is -2.41. The monoisotopic (exact) mass is 375 g/mol. The van der Waals surface area contributed by atoms with E-state index < -0.39 is 11.0 Å². The fraction of sp³-hybridized carbons (Fsp3) is 0.579. The molecule has 8 heteroatoms. The van der Waals surface area contributed by atoms with Crippen LogP contribution in [0.25, 0.3) is 0 Å². The molecule has 0 unspecified atom stereocenters. The van der Waals surface area contributed by atoms with Gasteiger partial charge in [-0.3, -0.25) is 24.6 Å². The highest BCUT2D eigenvalue weighted by Crippen LogP contribution is 2.27. The number of nitrogens with one attached hydrogen (secondary N) is 1. The van der Waals surface area contributed by atoms with E-state index in [1.165, 1.54) is 12.5 Å². The zero-order valence-electron chi connectivity index (χ0n) is 15.5. The topological polar surface area (TPSA) is 102 Å². The summed E-state index contributed by atoms with van der Waals surface area (Å²) in [4.78, 5) is 37.5. The van der Waals surface area contributed by atoms with Crippen LogP contribution in [0.15, 0.2) is 18.2 Å². The molecule has 8 nitrogen and oxygen atoms in total. The molecule has 0 radical (unpaired) electrons. The number of aryl methyl sites for hydroxylation is 1. The molecule has 1 atom stereocenters. The molecular formula is C19H25N3O5. The minimum absolute atomic E-state index is 0.0169. The predicted molar refractivity (Wildman–Crippen MR) is 99.4 cm³/mol. The van der Waals surface area contributed by atoms with Gasteiger partial charge in [-0.2, -0.15) is 0 Å². The van der Waals surface area contributed by atoms with E-state index in [2.05, 4.69) is 10.2 Å². The molecule has 2 aliphatic rings. The van der Waals surface area contributed by atoms with Crippen molar-refractivity contribution in [3.8, 4) is 0 Å². The van der Waals surface area contributed by atoms with Crippen LogP contribution in [-0.4, -0.2) is 46.9 Å². The van der Waals surface area contributed by atoms with Crippen LogP contribution in [0.2, 0.25) is 0 Å². The standard InChI is InChI=1S/C19H25N3O5/c1-13-7-8-14(11-16(13)22(25)26)20-18(23)12-17-19(24)27-10-9-21(17)15-5-3-2-4-6-15/h7-8,11,15,17H,2-6,9-10,12H2,1H3,(H,20,23)/t17-/m0/s1. The number of carbonyl (C=O) groups is 2. The van der Waals surface area contributed by atoms with Gasteiger partial charge in [0.1, 0.15) is 12.6 Å². The molecule has 0 aromatic heterocycles. The van der Waals surface area contributed by atoms with Crippen LogP contribution >= 0.6 is 0 Å². The van der Waals surface area contributed by atoms with E-state index in [0.29, 0.717) is 30.4 Å². The van der Waals surface area contributed by atoms with E-state index in [-0.39, 0.29) is 24.0 Å². The average Bonchev–Trinajstić information content (AvgIpc) is 2.65. The minimum atomic E-state index is -0.595. The van der Waals surface area contributed by atoms with Crippen LogP contribution in [-0.2, 0) is 14.3 Å². The SMILES string of the molecule is Cc1ccc(NC(=O)C[C@H]2C(=O)OCCN2C2CCCCC2)cc1[N+](=O)[O-]. The van der Waals surface area contributed by atoms with E-state index in [1.54, 1.807) is 19.1 Å². The van der Waals surface area contributed by atoms with E-state index >= 15 is 0 Å². The highest BCUT2D eigenvalue weighted by atomic mass is 16.6. The third-order valence-corrected chi connectivity index (χ3v) is 5.38. The molecule has 1 aromatic rings. The first-order valence-electron chi connectivity index (χ1n) is 9.43. The summed E-state index contributed by atoms with van der Waals surface area (Å²) in [7, 11) is 0. The molecule has 1 heterocycles. The van der Waals surface area contributed by atoms with Gasteiger partial charge in [-0.25, -0.2) is 0 Å². The molecular weight excluding hydrogens is 350 g/mol. The van der Waals surface area contributed by atoms with Crippen molar-refractivity contribution in [2.24, 2.45) is 0 Å². The molecule has 1 aliphatic heterocycles. The molecule has 1 saturated heterocycles. The summed E-state index contributed by atoms with van der Waals surface area (Å²) >= 11 is 0. The Hall–Kier alpha value is -2.48. The van der Waals surface area contributed by atoms with Gasteiger partial charge >= 0.3 is 5.97 Å². The lowest BCUT2D eigenvalue weighted by molar-refractivity contribution is -0.385. The van der Waals surface area contributed by atoms with Crippen molar-refractivity contribution in [2.45, 2.75) is 57.5 Å². The predicted octanol–water partition coefficient (Wildman–Crippen LogP) is 2.79. The number of hydrogen-bond donors (Lipinski definition) is 1. The first-order chi connectivity index (χ1) is 13.0. The number of esters is 1. The van der Waals surface area contributed by atoms with Crippen molar-refractivity contribution in [1.29, 1.82) is 0 Å². The number of anilines is 1. The second-order valence-electron chi connectivity index (χ2n) is 7.22. The molecule has 1 amide bonds. The molecule has 1 aromatic carbocycles. The van der Waals surface area contributed by atoms with Crippen LogP contribution in [0.5, 0.6) is 0 Å². The lowest BCUT2D eigenvalue weighted by Crippen LogP contribution is -2.54. The molecule has 27 heavy (non-hydrogen) atoms. The zero-order chi connectivity index (χ0) is 19.4. The highest BCUT2D eigenvalue weighted by Gasteiger charge is 2.37. The first-order valence-corrected chi connectivity index (χ1v) is 9.43. The molecule has 1 aliphatic carbocycles. The Labute approximate surface area is 158 Å². The minimum Gasteiger partial charge on any atom is -0.463 e. The van der Waals surface area contributed by atoms with Crippen molar-refractivity contribution in [3.63, 3.8) is 0 Å². The number of benzene rings is 1. The van der Waals surface area contributed by atoms with E-state index in [9.17, 15) is 19.7 Å². The normalized spacial score (nSPS) is 21.5. The largest absolute Gasteiger partial charge is 0.463 e. The maximum absolute atomic E-state index is 12.5. The molecule has 0 bridgehead atoms. The molecule has 146 valence electrons. The van der Waals surface area contributed by atoms with Crippen molar-refractivity contribution < 1.29 is 19.2 Å². The summed E-state index contributed by atoms with van der Waals surface area (Å²) in [5.41, 5.74) is 0.830. The number of hydrogen-bond acceptors (Lipinski definition) is 6. The summed E-state index contributed by atoms with van der Waals surface area (Å²) in [6, 6.07) is 4.27. The molecule has 1 saturated carbocycles. The molecule has 3 rings (SSSR count). The Bertz CT molecular complexity index is 730. The van der Waals surface area contributed by atoms with Gasteiger partial charge in [0, 0.05) is 29.9 Å². The number of nitrogens with zero attached hydrogens (tertiary/aromatic N) is 2. The van der Waals surface area contributed by atoms with E-state index in [1.807, 2.05) is 0 Å². The third-order valence-electron chi connectivity index (χ3n) is 5.38. The summed E-state index contributed by atoms with van der Waals surface area (Å²) in [6.45, 7) is 2.64. The van der Waals surface area contributed by atoms with Gasteiger partial charge < -0.3 is 10.1 Å². The van der Waals surface area contributed by atoms with Gasteiger partial charge in [0.05, 0.1) is 11.3 Å². The Morgan fingerprint density at radius 3 is 2.78 bits per heavy atom. The Morgan fingerprint density at radius 1 is 1.33 bits per heavy atom. The van der Waals surface area contributed by atoms with Crippen LogP contribution in [0.3, 0.4) is 0 Å². The summed E-state index contributed by atoms with van der Waals surface area (Å²) in [5, 5.41) is 13.7. The van der Waals surface area contributed by atoms with Crippen molar-refractivity contribution in [1.82, 2.24) is 4.90 Å². The van der Waals surface area contributed by atoms with Crippen molar-refractivity contribution in [3.05, 3.63) is 33.9 Å². The van der Waals surface area contributed by atoms with Crippen LogP contribution in [0.1, 0.15) is 44.1 Å². The second kappa shape index (κ2) is 8.47. The number of cyclic esters (lactones) is 1. The fourth-order valence-electron chi connectivity index (χ4n) is 3.96. The molecule has 2 fully saturated rings. The van der Waals surface area contributed by atoms with Gasteiger partial charge in [-0.05, 0) is 25.8 Å². The van der Waals surface area contributed by atoms with Gasteiger partial charge in [0.15, 0.2) is 0 Å². The number of nitro benzene ring substituents is 1. The maximum Gasteiger partial charge on any atom is 0.323 e. The zero-order valence-corrected chi connectivity index (χ0v) is 15.5. The average molecular weight is 375 g/mol. The number of rotatable bonds is 5. The Kier molecular flexibility index (Phi) is 6.05. The number of nitro groups is 1. The van der Waals surface area contributed by atoms with Crippen LogP contribution < -0.4 is 5.32 Å². The fourth-order valence-corrected chi connectivity index (χ4v) is 3.96. The van der Waals surface area contributed by atoms with E-state index in [4.69, 9.17) is 4.74 Å². The van der Waals surface area contributed by atoms with Gasteiger partial charge in [-0.15, -0.1) is 0 Å². The smallest absolute Gasteiger partial charge is 0.323 e. The maximum atomic E-state index is 12.5. The summed E-state index contributed by atoms with van der Waals surface area (Å²) in [6.07, 6.45) is 5.55. The van der Waals surface area contributed by atoms with Crippen LogP contribution in [0.4, 0.5) is 11.4 Å². The quantitative estimate of drug-likeness (QED) is 0.482. The number of morpholine rings is 1. The Morgan fingerprint density at radius 2 is 2.07 bits per heavy atom. The van der Waals surface area contributed by atoms with Gasteiger partial charge in [0.25, 0.3) is 5.69 Å². The summed E-state index contributed by atoms with van der Waals surface area (Å²) in [5.74, 6) is -0.713. The van der Waals surface area contributed by atoms with Crippen molar-refractivity contribution >= 4 is 23.3 Å². The molecule has 1 N–H and O–H groups in total. The van der Waals surface area contributed by atoms with Gasteiger partial charge in [0.2, 0.25) is 5.91 Å². The van der Waals surface area contributed by atoms with E-state index in [0.717, 1.165) is 25.7 Å². The second-order valence-corrected chi connectivity index (χ2v) is 7.22. The van der Waals surface area contributed by atoms with Crippen LogP contribution in [0, 0.1) is 17.0 Å². The first kappa shape index (κ1) is 19.3. The number of amides is 1. The number of ether oxygens (including phenoxy) is 1. The molecule has 0 spiro atoms. The Balaban J connectivity index is 1.68. The van der Waals surface area contributed by atoms with Crippen molar-refractivity contribution in [2.75, 3.05) is 18.5 Å². The lowest BCUT2D eigenvalue weighted by atomic mass is 9.92.